The molecule has 2 atom stereocenters. The van der Waals surface area contributed by atoms with Crippen molar-refractivity contribution in [2.24, 2.45) is 11.8 Å². The van der Waals surface area contributed by atoms with Crippen LogP contribution in [0.3, 0.4) is 0 Å². The van der Waals surface area contributed by atoms with Gasteiger partial charge in [0.2, 0.25) is 0 Å². The van der Waals surface area contributed by atoms with E-state index < -0.39 is 0 Å². The fourth-order valence-corrected chi connectivity index (χ4v) is 4.17. The number of unbranched alkanes of at least 4 members (excludes halogenated alkanes) is 2. The van der Waals surface area contributed by atoms with Gasteiger partial charge in [0.05, 0.1) is 0 Å². The summed E-state index contributed by atoms with van der Waals surface area (Å²) >= 11 is 0. The van der Waals surface area contributed by atoms with E-state index in [1.54, 1.807) is 0 Å². The normalized spacial score (nSPS) is 12.9. The van der Waals surface area contributed by atoms with E-state index >= 15 is 0 Å². The molecule has 2 rings (SSSR count). The van der Waals surface area contributed by atoms with Crippen LogP contribution in [0.15, 0.2) is 54.6 Å². The molecule has 3 nitrogen and oxygen atoms in total. The number of hydrogen-bond acceptors (Lipinski definition) is 2. The first-order valence-corrected chi connectivity index (χ1v) is 12.7. The van der Waals surface area contributed by atoms with Crippen molar-refractivity contribution in [2.45, 2.75) is 79.1 Å². The Morgan fingerprint density at radius 2 is 1.25 bits per heavy atom. The summed E-state index contributed by atoms with van der Waals surface area (Å²) in [5.41, 5.74) is 0.751. The summed E-state index contributed by atoms with van der Waals surface area (Å²) in [5, 5.41) is 0. The Bertz CT molecular complexity index is 738. The SMILES string of the molecule is CCCCC(CC)CN(CC(CC)CCCC)C(=O)c1ccc(Oc2ccccc2)cc1. The maximum atomic E-state index is 13.6. The molecule has 0 aromatic heterocycles. The zero-order valence-corrected chi connectivity index (χ0v) is 20.7. The fourth-order valence-electron chi connectivity index (χ4n) is 4.17. The monoisotopic (exact) mass is 437 g/mol. The van der Waals surface area contributed by atoms with Crippen LogP contribution in [0.5, 0.6) is 11.5 Å². The number of rotatable bonds is 15. The van der Waals surface area contributed by atoms with E-state index in [4.69, 9.17) is 4.74 Å². The average molecular weight is 438 g/mol. The zero-order chi connectivity index (χ0) is 23.2. The Hall–Kier alpha value is -2.29. The van der Waals surface area contributed by atoms with Crippen LogP contribution in [0.25, 0.3) is 0 Å². The summed E-state index contributed by atoms with van der Waals surface area (Å²) in [5.74, 6) is 2.85. The lowest BCUT2D eigenvalue weighted by molar-refractivity contribution is 0.0685. The molecule has 2 aromatic carbocycles. The van der Waals surface area contributed by atoms with E-state index in [9.17, 15) is 4.79 Å². The van der Waals surface area contributed by atoms with E-state index in [1.165, 1.54) is 38.5 Å². The number of ether oxygens (including phenoxy) is 1. The number of carbonyl (C=O) groups excluding carboxylic acids is 1. The number of para-hydroxylation sites is 1. The van der Waals surface area contributed by atoms with Gasteiger partial charge in [-0.3, -0.25) is 4.79 Å². The van der Waals surface area contributed by atoms with Crippen molar-refractivity contribution in [1.82, 2.24) is 4.90 Å². The van der Waals surface area contributed by atoms with Crippen LogP contribution in [0.1, 0.15) is 89.4 Å². The molecular formula is C29H43NO2. The third-order valence-corrected chi connectivity index (χ3v) is 6.41. The summed E-state index contributed by atoms with van der Waals surface area (Å²) in [6.07, 6.45) is 9.54. The molecule has 0 saturated heterocycles. The number of hydrogen-bond donors (Lipinski definition) is 0. The average Bonchev–Trinajstić information content (AvgIpc) is 2.83. The van der Waals surface area contributed by atoms with Crippen LogP contribution in [-0.4, -0.2) is 23.9 Å². The van der Waals surface area contributed by atoms with Crippen molar-refractivity contribution in [3.63, 3.8) is 0 Å². The first-order chi connectivity index (χ1) is 15.6. The van der Waals surface area contributed by atoms with Gasteiger partial charge >= 0.3 is 0 Å². The molecular weight excluding hydrogens is 394 g/mol. The molecule has 0 bridgehead atoms. The minimum atomic E-state index is 0.154. The maximum absolute atomic E-state index is 13.6. The van der Waals surface area contributed by atoms with Crippen LogP contribution in [-0.2, 0) is 0 Å². The first kappa shape index (κ1) is 26.0. The lowest BCUT2D eigenvalue weighted by Gasteiger charge is -2.31. The van der Waals surface area contributed by atoms with Crippen molar-refractivity contribution >= 4 is 5.91 Å². The number of carbonyl (C=O) groups is 1. The van der Waals surface area contributed by atoms with Gasteiger partial charge in [-0.05, 0) is 61.1 Å². The van der Waals surface area contributed by atoms with Crippen molar-refractivity contribution in [1.29, 1.82) is 0 Å². The molecule has 32 heavy (non-hydrogen) atoms. The first-order valence-electron chi connectivity index (χ1n) is 12.7. The minimum absolute atomic E-state index is 0.154. The van der Waals surface area contributed by atoms with Crippen molar-refractivity contribution in [3.05, 3.63) is 60.2 Å². The van der Waals surface area contributed by atoms with Crippen LogP contribution < -0.4 is 4.74 Å². The molecule has 2 aromatic rings. The van der Waals surface area contributed by atoms with E-state index in [2.05, 4.69) is 32.6 Å². The van der Waals surface area contributed by atoms with Gasteiger partial charge in [0.1, 0.15) is 11.5 Å². The molecule has 2 unspecified atom stereocenters. The molecule has 0 spiro atoms. The largest absolute Gasteiger partial charge is 0.457 e. The molecule has 0 saturated carbocycles. The molecule has 0 fully saturated rings. The van der Waals surface area contributed by atoms with Crippen LogP contribution >= 0.6 is 0 Å². The van der Waals surface area contributed by atoms with Crippen LogP contribution in [0.2, 0.25) is 0 Å². The van der Waals surface area contributed by atoms with Gasteiger partial charge in [-0.2, -0.15) is 0 Å². The quantitative estimate of drug-likeness (QED) is 0.280. The molecule has 0 aliphatic rings. The third-order valence-electron chi connectivity index (χ3n) is 6.41. The Kier molecular flexibility index (Phi) is 11.9. The third kappa shape index (κ3) is 8.68. The summed E-state index contributed by atoms with van der Waals surface area (Å²) in [4.78, 5) is 15.7. The Morgan fingerprint density at radius 1 is 0.750 bits per heavy atom. The lowest BCUT2D eigenvalue weighted by atomic mass is 9.95. The van der Waals surface area contributed by atoms with Crippen LogP contribution in [0, 0.1) is 11.8 Å². The second-order valence-corrected chi connectivity index (χ2v) is 8.98. The predicted molar refractivity (Wildman–Crippen MR) is 135 cm³/mol. The predicted octanol–water partition coefficient (Wildman–Crippen LogP) is 8.35. The molecule has 0 aliphatic heterocycles. The van der Waals surface area contributed by atoms with Gasteiger partial charge in [-0.1, -0.05) is 84.4 Å². The highest BCUT2D eigenvalue weighted by Crippen LogP contribution is 2.24. The van der Waals surface area contributed by atoms with Gasteiger partial charge < -0.3 is 9.64 Å². The topological polar surface area (TPSA) is 29.5 Å². The number of nitrogens with zero attached hydrogens (tertiary/aromatic N) is 1. The van der Waals surface area contributed by atoms with E-state index in [0.717, 1.165) is 43.0 Å². The Morgan fingerprint density at radius 3 is 1.72 bits per heavy atom. The highest BCUT2D eigenvalue weighted by Gasteiger charge is 2.22. The fraction of sp³-hybridized carbons (Fsp3) is 0.552. The molecule has 0 heterocycles. The van der Waals surface area contributed by atoms with E-state index in [1.807, 2.05) is 54.6 Å². The van der Waals surface area contributed by atoms with Gasteiger partial charge in [0.25, 0.3) is 5.91 Å². The van der Waals surface area contributed by atoms with Crippen molar-refractivity contribution in [2.75, 3.05) is 13.1 Å². The molecule has 3 heteroatoms. The second kappa shape index (κ2) is 14.7. The summed E-state index contributed by atoms with van der Waals surface area (Å²) < 4.78 is 5.90. The number of amides is 1. The highest BCUT2D eigenvalue weighted by atomic mass is 16.5. The molecule has 0 radical (unpaired) electrons. The lowest BCUT2D eigenvalue weighted by Crippen LogP contribution is -2.39. The minimum Gasteiger partial charge on any atom is -0.457 e. The summed E-state index contributed by atoms with van der Waals surface area (Å²) in [7, 11) is 0. The summed E-state index contributed by atoms with van der Waals surface area (Å²) in [6.45, 7) is 10.7. The van der Waals surface area contributed by atoms with Gasteiger partial charge in [-0.25, -0.2) is 0 Å². The molecule has 0 aliphatic carbocycles. The van der Waals surface area contributed by atoms with Gasteiger partial charge in [0.15, 0.2) is 0 Å². The summed E-state index contributed by atoms with van der Waals surface area (Å²) in [6, 6.07) is 17.4. The van der Waals surface area contributed by atoms with Crippen LogP contribution in [0.4, 0.5) is 0 Å². The van der Waals surface area contributed by atoms with Gasteiger partial charge in [0, 0.05) is 18.7 Å². The number of benzene rings is 2. The van der Waals surface area contributed by atoms with Gasteiger partial charge in [-0.15, -0.1) is 0 Å². The van der Waals surface area contributed by atoms with E-state index in [0.29, 0.717) is 11.8 Å². The molecule has 0 N–H and O–H groups in total. The molecule has 1 amide bonds. The second-order valence-electron chi connectivity index (χ2n) is 8.98. The highest BCUT2D eigenvalue weighted by molar-refractivity contribution is 5.94. The van der Waals surface area contributed by atoms with E-state index in [-0.39, 0.29) is 5.91 Å². The zero-order valence-electron chi connectivity index (χ0n) is 20.7. The van der Waals surface area contributed by atoms with Crippen molar-refractivity contribution in [3.8, 4) is 11.5 Å². The smallest absolute Gasteiger partial charge is 0.253 e. The Labute approximate surface area is 196 Å². The Balaban J connectivity index is 2.13. The standard InChI is InChI=1S/C29H43NO2/c1-5-9-14-24(7-3)22-30(23-25(8-4)15-10-6-2)29(31)26-18-20-28(21-19-26)32-27-16-12-11-13-17-27/h11-13,16-21,24-25H,5-10,14-15,22-23H2,1-4H3. The maximum Gasteiger partial charge on any atom is 0.253 e. The van der Waals surface area contributed by atoms with Crippen molar-refractivity contribution < 1.29 is 9.53 Å². The molecule has 176 valence electrons.